The number of amides is 2. The van der Waals surface area contributed by atoms with Crippen LogP contribution in [-0.4, -0.2) is 31.0 Å². The molecular formula is C18H17N3O4S2. The van der Waals surface area contributed by atoms with E-state index in [4.69, 9.17) is 9.47 Å². The molecule has 0 saturated carbocycles. The van der Waals surface area contributed by atoms with E-state index in [0.717, 1.165) is 0 Å². The third-order valence-corrected chi connectivity index (χ3v) is 5.21. The number of thiophene rings is 1. The van der Waals surface area contributed by atoms with Crippen LogP contribution in [0.3, 0.4) is 0 Å². The summed E-state index contributed by atoms with van der Waals surface area (Å²) in [5, 5.41) is 9.55. The molecule has 0 spiro atoms. The first-order valence-corrected chi connectivity index (χ1v) is 9.66. The van der Waals surface area contributed by atoms with Gasteiger partial charge in [-0.2, -0.15) is 0 Å². The second-order valence-corrected chi connectivity index (χ2v) is 7.17. The molecule has 2 aromatic heterocycles. The Kier molecular flexibility index (Phi) is 6.05. The maximum Gasteiger partial charge on any atom is 0.267 e. The number of benzene rings is 1. The number of aromatic nitrogens is 1. The lowest BCUT2D eigenvalue weighted by molar-refractivity contribution is -0.115. The fourth-order valence-electron chi connectivity index (χ4n) is 2.28. The summed E-state index contributed by atoms with van der Waals surface area (Å²) in [4.78, 5) is 29.3. The van der Waals surface area contributed by atoms with Crippen LogP contribution in [0.4, 0.5) is 10.8 Å². The largest absolute Gasteiger partial charge is 0.497 e. The number of thiazole rings is 1. The number of anilines is 2. The number of carbonyl (C=O) groups excluding carboxylic acids is 2. The summed E-state index contributed by atoms with van der Waals surface area (Å²) in [6.45, 7) is 0. The Bertz CT molecular complexity index is 938. The molecule has 0 bridgehead atoms. The first kappa shape index (κ1) is 18.9. The van der Waals surface area contributed by atoms with Crippen LogP contribution in [-0.2, 0) is 11.2 Å². The minimum absolute atomic E-state index is 0.0751. The molecule has 0 aliphatic carbocycles. The summed E-state index contributed by atoms with van der Waals surface area (Å²) >= 11 is 2.63. The molecule has 0 aliphatic heterocycles. The predicted octanol–water partition coefficient (Wildman–Crippen LogP) is 3.66. The van der Waals surface area contributed by atoms with Gasteiger partial charge < -0.3 is 14.8 Å². The van der Waals surface area contributed by atoms with Crippen LogP contribution in [0.15, 0.2) is 41.1 Å². The normalized spacial score (nSPS) is 10.3. The van der Waals surface area contributed by atoms with Crippen LogP contribution in [0.25, 0.3) is 0 Å². The quantitative estimate of drug-likeness (QED) is 0.628. The topological polar surface area (TPSA) is 89.5 Å². The molecule has 2 heterocycles. The van der Waals surface area contributed by atoms with Gasteiger partial charge in [0.2, 0.25) is 5.91 Å². The molecule has 0 unspecified atom stereocenters. The van der Waals surface area contributed by atoms with E-state index in [1.165, 1.54) is 29.8 Å². The van der Waals surface area contributed by atoms with Crippen molar-refractivity contribution in [1.29, 1.82) is 0 Å². The van der Waals surface area contributed by atoms with Crippen LogP contribution in [0.1, 0.15) is 15.4 Å². The van der Waals surface area contributed by atoms with Crippen LogP contribution >= 0.6 is 22.7 Å². The number of methoxy groups -OCH3 is 2. The highest BCUT2D eigenvalue weighted by molar-refractivity contribution is 7.14. The molecule has 0 saturated heterocycles. The highest BCUT2D eigenvalue weighted by atomic mass is 32.1. The first-order valence-electron chi connectivity index (χ1n) is 7.90. The van der Waals surface area contributed by atoms with Gasteiger partial charge >= 0.3 is 0 Å². The van der Waals surface area contributed by atoms with Gasteiger partial charge in [0.1, 0.15) is 11.5 Å². The fraction of sp³-hybridized carbons (Fsp3) is 0.167. The highest BCUT2D eigenvalue weighted by Gasteiger charge is 2.13. The van der Waals surface area contributed by atoms with Crippen LogP contribution < -0.4 is 20.1 Å². The minimum Gasteiger partial charge on any atom is -0.497 e. The van der Waals surface area contributed by atoms with E-state index in [1.807, 2.05) is 11.4 Å². The molecule has 3 rings (SSSR count). The summed E-state index contributed by atoms with van der Waals surface area (Å²) in [6, 6.07) is 8.70. The van der Waals surface area contributed by atoms with Crippen molar-refractivity contribution < 1.29 is 19.1 Å². The molecule has 140 valence electrons. The van der Waals surface area contributed by atoms with E-state index in [-0.39, 0.29) is 18.2 Å². The van der Waals surface area contributed by atoms with Gasteiger partial charge in [0, 0.05) is 11.4 Å². The van der Waals surface area contributed by atoms with Gasteiger partial charge in [-0.15, -0.1) is 22.7 Å². The summed E-state index contributed by atoms with van der Waals surface area (Å²) < 4.78 is 10.4. The van der Waals surface area contributed by atoms with Gasteiger partial charge in [-0.1, -0.05) is 6.07 Å². The molecule has 0 radical (unpaired) electrons. The number of carbonyl (C=O) groups is 2. The standard InChI is InChI=1S/C18H17N3O4S2/c1-24-12-5-6-14(25-2)13(9-12)20-16(22)8-11-10-27-18(19-11)21-17(23)15-4-3-7-26-15/h3-7,9-10H,8H2,1-2H3,(H,20,22)(H,19,21,23). The summed E-state index contributed by atoms with van der Waals surface area (Å²) in [5.74, 6) is 0.684. The number of rotatable bonds is 7. The van der Waals surface area contributed by atoms with E-state index in [2.05, 4.69) is 15.6 Å². The van der Waals surface area contributed by atoms with Crippen molar-refractivity contribution >= 4 is 45.3 Å². The van der Waals surface area contributed by atoms with Gasteiger partial charge in [-0.3, -0.25) is 14.9 Å². The lowest BCUT2D eigenvalue weighted by Gasteiger charge is -2.11. The second kappa shape index (κ2) is 8.65. The zero-order chi connectivity index (χ0) is 19.2. The second-order valence-electron chi connectivity index (χ2n) is 5.37. The Morgan fingerprint density at radius 3 is 2.67 bits per heavy atom. The molecule has 0 fully saturated rings. The molecule has 9 heteroatoms. The molecule has 0 aliphatic rings. The number of nitrogens with one attached hydrogen (secondary N) is 2. The zero-order valence-corrected chi connectivity index (χ0v) is 16.3. The summed E-state index contributed by atoms with van der Waals surface area (Å²) in [7, 11) is 3.08. The van der Waals surface area contributed by atoms with Gasteiger partial charge in [-0.05, 0) is 23.6 Å². The summed E-state index contributed by atoms with van der Waals surface area (Å²) in [5.41, 5.74) is 1.09. The van der Waals surface area contributed by atoms with Crippen molar-refractivity contribution in [3.8, 4) is 11.5 Å². The molecular weight excluding hydrogens is 386 g/mol. The van der Waals surface area contributed by atoms with Crippen LogP contribution in [0.2, 0.25) is 0 Å². The van der Waals surface area contributed by atoms with Crippen molar-refractivity contribution in [2.45, 2.75) is 6.42 Å². The third-order valence-electron chi connectivity index (χ3n) is 3.54. The van der Waals surface area contributed by atoms with E-state index in [1.54, 1.807) is 36.8 Å². The predicted molar refractivity (Wildman–Crippen MR) is 106 cm³/mol. The fourth-order valence-corrected chi connectivity index (χ4v) is 3.61. The van der Waals surface area contributed by atoms with E-state index < -0.39 is 0 Å². The van der Waals surface area contributed by atoms with Crippen molar-refractivity contribution in [2.24, 2.45) is 0 Å². The highest BCUT2D eigenvalue weighted by Crippen LogP contribution is 2.29. The SMILES string of the molecule is COc1ccc(OC)c(NC(=O)Cc2csc(NC(=O)c3cccs3)n2)c1. The molecule has 7 nitrogen and oxygen atoms in total. The van der Waals surface area contributed by atoms with Gasteiger partial charge in [-0.25, -0.2) is 4.98 Å². The van der Waals surface area contributed by atoms with E-state index >= 15 is 0 Å². The Labute approximate surface area is 164 Å². The Balaban J connectivity index is 1.62. The molecule has 1 aromatic carbocycles. The number of ether oxygens (including phenoxy) is 2. The molecule has 3 aromatic rings. The average molecular weight is 403 g/mol. The lowest BCUT2D eigenvalue weighted by Crippen LogP contribution is -2.15. The maximum atomic E-state index is 12.3. The van der Waals surface area contributed by atoms with Crippen LogP contribution in [0, 0.1) is 0 Å². The number of nitrogens with zero attached hydrogens (tertiary/aromatic N) is 1. The maximum absolute atomic E-state index is 12.3. The Morgan fingerprint density at radius 2 is 1.96 bits per heavy atom. The number of hydrogen-bond donors (Lipinski definition) is 2. The minimum atomic E-state index is -0.247. The monoisotopic (exact) mass is 403 g/mol. The molecule has 27 heavy (non-hydrogen) atoms. The first-order chi connectivity index (χ1) is 13.1. The van der Waals surface area contributed by atoms with Gasteiger partial charge in [0.15, 0.2) is 5.13 Å². The lowest BCUT2D eigenvalue weighted by atomic mass is 10.2. The van der Waals surface area contributed by atoms with Crippen molar-refractivity contribution in [1.82, 2.24) is 4.98 Å². The Hall–Kier alpha value is -2.91. The van der Waals surface area contributed by atoms with Crippen molar-refractivity contribution in [3.05, 3.63) is 51.7 Å². The van der Waals surface area contributed by atoms with E-state index in [9.17, 15) is 9.59 Å². The van der Waals surface area contributed by atoms with Crippen molar-refractivity contribution in [3.63, 3.8) is 0 Å². The number of hydrogen-bond acceptors (Lipinski definition) is 7. The van der Waals surface area contributed by atoms with Gasteiger partial charge in [0.25, 0.3) is 5.91 Å². The zero-order valence-electron chi connectivity index (χ0n) is 14.6. The van der Waals surface area contributed by atoms with Gasteiger partial charge in [0.05, 0.1) is 36.9 Å². The molecule has 2 N–H and O–H groups in total. The molecule has 2 amide bonds. The van der Waals surface area contributed by atoms with E-state index in [0.29, 0.717) is 32.9 Å². The average Bonchev–Trinajstić information content (AvgIpc) is 3.33. The summed E-state index contributed by atoms with van der Waals surface area (Å²) in [6.07, 6.45) is 0.0751. The van der Waals surface area contributed by atoms with Crippen molar-refractivity contribution in [2.75, 3.05) is 24.9 Å². The Morgan fingerprint density at radius 1 is 1.11 bits per heavy atom. The van der Waals surface area contributed by atoms with Crippen LogP contribution in [0.5, 0.6) is 11.5 Å². The third kappa shape index (κ3) is 4.83. The smallest absolute Gasteiger partial charge is 0.267 e. The molecule has 0 atom stereocenters.